The summed E-state index contributed by atoms with van der Waals surface area (Å²) in [5.74, 6) is 0. The predicted molar refractivity (Wildman–Crippen MR) is 73.3 cm³/mol. The molecule has 0 aromatic heterocycles. The largest absolute Gasteiger partial charge is 0.382 e. The van der Waals surface area contributed by atoms with Crippen LogP contribution in [0.3, 0.4) is 0 Å². The maximum absolute atomic E-state index is 10.1. The van der Waals surface area contributed by atoms with E-state index in [0.29, 0.717) is 0 Å². The molecule has 0 aliphatic carbocycles. The van der Waals surface area contributed by atoms with Gasteiger partial charge in [-0.05, 0) is 19.4 Å². The van der Waals surface area contributed by atoms with Crippen molar-refractivity contribution in [3.05, 3.63) is 47.2 Å². The fourth-order valence-electron chi connectivity index (χ4n) is 1.78. The Morgan fingerprint density at radius 2 is 1.94 bits per heavy atom. The highest BCUT2D eigenvalue weighted by Gasteiger charge is 2.17. The molecule has 92 valence electrons. The van der Waals surface area contributed by atoms with Crippen molar-refractivity contribution in [2.75, 3.05) is 0 Å². The summed E-state index contributed by atoms with van der Waals surface area (Å²) in [6.45, 7) is 7.98. The third-order valence-corrected chi connectivity index (χ3v) is 2.60. The molecule has 1 aliphatic heterocycles. The predicted octanol–water partition coefficient (Wildman–Crippen LogP) is 3.80. The van der Waals surface area contributed by atoms with Crippen LogP contribution in [0.5, 0.6) is 0 Å². The Hall–Kier alpha value is -1.41. The molecule has 2 nitrogen and oxygen atoms in total. The second-order valence-corrected chi connectivity index (χ2v) is 3.97. The molecule has 1 aromatic rings. The molecule has 2 rings (SSSR count). The quantitative estimate of drug-likeness (QED) is 0.825. The summed E-state index contributed by atoms with van der Waals surface area (Å²) < 4.78 is 0. The zero-order valence-corrected chi connectivity index (χ0v) is 11.1. The lowest BCUT2D eigenvalue weighted by atomic mass is 10.0. The standard InChI is InChI=1S/C13H15NO.C2H6/c1-9-4-3-5-11(8-9)13(15)12-7-6-10(2)14-12;1-2/h3-6,8,13,15H,7H2,1-2H3;1-2H3. The lowest BCUT2D eigenvalue weighted by molar-refractivity contribution is 0.246. The number of aliphatic hydroxyl groups is 1. The highest BCUT2D eigenvalue weighted by molar-refractivity contribution is 5.93. The first-order valence-electron chi connectivity index (χ1n) is 6.15. The Balaban J connectivity index is 0.000000686. The van der Waals surface area contributed by atoms with Crippen LogP contribution in [0.1, 0.15) is 44.4 Å². The second kappa shape index (κ2) is 6.36. The van der Waals surface area contributed by atoms with E-state index in [2.05, 4.69) is 4.99 Å². The molecule has 1 heterocycles. The SMILES string of the molecule is CC.CC1=CCC(C(O)c2cccc(C)c2)=N1. The molecule has 0 saturated carbocycles. The maximum Gasteiger partial charge on any atom is 0.117 e. The van der Waals surface area contributed by atoms with Gasteiger partial charge in [-0.15, -0.1) is 0 Å². The lowest BCUT2D eigenvalue weighted by Crippen LogP contribution is -2.09. The number of hydrogen-bond donors (Lipinski definition) is 1. The van der Waals surface area contributed by atoms with Crippen LogP contribution in [0, 0.1) is 6.92 Å². The number of aliphatic hydroxyl groups excluding tert-OH is 1. The van der Waals surface area contributed by atoms with Crippen LogP contribution in [-0.2, 0) is 0 Å². The average molecular weight is 231 g/mol. The summed E-state index contributed by atoms with van der Waals surface area (Å²) >= 11 is 0. The van der Waals surface area contributed by atoms with Gasteiger partial charge in [-0.3, -0.25) is 4.99 Å². The molecule has 0 spiro atoms. The van der Waals surface area contributed by atoms with Gasteiger partial charge in [0.25, 0.3) is 0 Å². The molecule has 1 atom stereocenters. The Kier molecular flexibility index (Phi) is 5.11. The maximum atomic E-state index is 10.1. The van der Waals surface area contributed by atoms with E-state index in [-0.39, 0.29) is 0 Å². The number of allylic oxidation sites excluding steroid dienone is 2. The zero-order valence-electron chi connectivity index (χ0n) is 11.1. The number of hydrogen-bond acceptors (Lipinski definition) is 2. The van der Waals surface area contributed by atoms with Crippen LogP contribution in [0.2, 0.25) is 0 Å². The third-order valence-electron chi connectivity index (χ3n) is 2.60. The van der Waals surface area contributed by atoms with Gasteiger partial charge in [-0.2, -0.15) is 0 Å². The van der Waals surface area contributed by atoms with Crippen molar-refractivity contribution in [3.63, 3.8) is 0 Å². The van der Waals surface area contributed by atoms with E-state index in [1.807, 2.05) is 58.0 Å². The molecule has 0 amide bonds. The average Bonchev–Trinajstić information content (AvgIpc) is 2.77. The lowest BCUT2D eigenvalue weighted by Gasteiger charge is -2.11. The van der Waals surface area contributed by atoms with E-state index in [1.54, 1.807) is 0 Å². The molecule has 0 saturated heterocycles. The van der Waals surface area contributed by atoms with Gasteiger partial charge in [-0.25, -0.2) is 0 Å². The van der Waals surface area contributed by atoms with Crippen LogP contribution in [0.4, 0.5) is 0 Å². The second-order valence-electron chi connectivity index (χ2n) is 3.97. The minimum atomic E-state index is -0.557. The number of rotatable bonds is 2. The van der Waals surface area contributed by atoms with Gasteiger partial charge in [-0.1, -0.05) is 49.8 Å². The van der Waals surface area contributed by atoms with Crippen LogP contribution >= 0.6 is 0 Å². The smallest absolute Gasteiger partial charge is 0.117 e. The van der Waals surface area contributed by atoms with Gasteiger partial charge >= 0.3 is 0 Å². The van der Waals surface area contributed by atoms with Crippen LogP contribution in [0.15, 0.2) is 41.0 Å². The van der Waals surface area contributed by atoms with Crippen LogP contribution in [0.25, 0.3) is 0 Å². The highest BCUT2D eigenvalue weighted by atomic mass is 16.3. The molecule has 0 radical (unpaired) electrons. The summed E-state index contributed by atoms with van der Waals surface area (Å²) in [5, 5.41) is 10.1. The summed E-state index contributed by atoms with van der Waals surface area (Å²) in [6.07, 6.45) is 2.24. The topological polar surface area (TPSA) is 32.6 Å². The fourth-order valence-corrected chi connectivity index (χ4v) is 1.78. The summed E-state index contributed by atoms with van der Waals surface area (Å²) in [4.78, 5) is 4.32. The van der Waals surface area contributed by atoms with Crippen molar-refractivity contribution in [2.24, 2.45) is 4.99 Å². The van der Waals surface area contributed by atoms with Gasteiger partial charge in [0.1, 0.15) is 6.10 Å². The van der Waals surface area contributed by atoms with Gasteiger partial charge in [0.15, 0.2) is 0 Å². The van der Waals surface area contributed by atoms with Crippen molar-refractivity contribution in [2.45, 2.75) is 40.2 Å². The summed E-state index contributed by atoms with van der Waals surface area (Å²) in [7, 11) is 0. The molecule has 1 aromatic carbocycles. The molecular weight excluding hydrogens is 210 g/mol. The number of benzene rings is 1. The van der Waals surface area contributed by atoms with E-state index in [4.69, 9.17) is 0 Å². The van der Waals surface area contributed by atoms with Gasteiger partial charge < -0.3 is 5.11 Å². The molecular formula is C15H21NO. The fraction of sp³-hybridized carbons (Fsp3) is 0.400. The Morgan fingerprint density at radius 3 is 2.47 bits per heavy atom. The normalized spacial score (nSPS) is 15.6. The number of aliphatic imine (C=N–C) groups is 1. The van der Waals surface area contributed by atoms with E-state index >= 15 is 0 Å². The minimum absolute atomic E-state index is 0.557. The van der Waals surface area contributed by atoms with Crippen LogP contribution < -0.4 is 0 Å². The molecule has 1 unspecified atom stereocenters. The van der Waals surface area contributed by atoms with Crippen molar-refractivity contribution in [3.8, 4) is 0 Å². The van der Waals surface area contributed by atoms with Crippen molar-refractivity contribution < 1.29 is 5.11 Å². The van der Waals surface area contributed by atoms with Crippen molar-refractivity contribution in [1.29, 1.82) is 0 Å². The monoisotopic (exact) mass is 231 g/mol. The van der Waals surface area contributed by atoms with Crippen molar-refractivity contribution in [1.82, 2.24) is 0 Å². The first-order chi connectivity index (χ1) is 8.16. The van der Waals surface area contributed by atoms with Crippen LogP contribution in [-0.4, -0.2) is 10.8 Å². The molecule has 17 heavy (non-hydrogen) atoms. The number of nitrogens with zero attached hydrogens (tertiary/aromatic N) is 1. The Morgan fingerprint density at radius 1 is 1.24 bits per heavy atom. The molecule has 1 aliphatic rings. The van der Waals surface area contributed by atoms with Crippen molar-refractivity contribution >= 4 is 5.71 Å². The molecule has 0 fully saturated rings. The third kappa shape index (κ3) is 3.53. The molecule has 1 N–H and O–H groups in total. The minimum Gasteiger partial charge on any atom is -0.382 e. The Labute approximate surface area is 104 Å². The Bertz CT molecular complexity index is 432. The van der Waals surface area contributed by atoms with Gasteiger partial charge in [0.05, 0.1) is 5.71 Å². The van der Waals surface area contributed by atoms with Gasteiger partial charge in [0, 0.05) is 12.1 Å². The first-order valence-corrected chi connectivity index (χ1v) is 6.15. The molecule has 0 bridgehead atoms. The highest BCUT2D eigenvalue weighted by Crippen LogP contribution is 2.22. The van der Waals surface area contributed by atoms with E-state index in [1.165, 1.54) is 0 Å². The summed E-state index contributed by atoms with van der Waals surface area (Å²) in [5.41, 5.74) is 3.93. The number of aryl methyl sites for hydroxylation is 1. The van der Waals surface area contributed by atoms with E-state index in [9.17, 15) is 5.11 Å². The van der Waals surface area contributed by atoms with E-state index < -0.39 is 6.10 Å². The molecule has 2 heteroatoms. The zero-order chi connectivity index (χ0) is 12.8. The van der Waals surface area contributed by atoms with E-state index in [0.717, 1.165) is 29.0 Å². The summed E-state index contributed by atoms with van der Waals surface area (Å²) in [6, 6.07) is 7.93. The van der Waals surface area contributed by atoms with Gasteiger partial charge in [0.2, 0.25) is 0 Å². The first kappa shape index (κ1) is 13.7.